The van der Waals surface area contributed by atoms with Crippen LogP contribution in [0, 0.1) is 7.14 Å². The second-order valence-electron chi connectivity index (χ2n) is 8.82. The molecule has 0 bridgehead atoms. The lowest BCUT2D eigenvalue weighted by atomic mass is 10.0. The Labute approximate surface area is 260 Å². The maximum Gasteiger partial charge on any atom is 0.272 e. The molecule has 0 saturated carbocycles. The molecule has 0 radical (unpaired) electrons. The summed E-state index contributed by atoms with van der Waals surface area (Å²) < 4.78 is 14.1. The van der Waals surface area contributed by atoms with Crippen molar-refractivity contribution in [2.75, 3.05) is 6.61 Å². The highest BCUT2D eigenvalue weighted by molar-refractivity contribution is 14.1. The lowest BCUT2D eigenvalue weighted by molar-refractivity contribution is 0.0956. The predicted molar refractivity (Wildman–Crippen MR) is 176 cm³/mol. The largest absolute Gasteiger partial charge is 0.490 e. The van der Waals surface area contributed by atoms with Gasteiger partial charge in [0, 0.05) is 14.5 Å². The minimum Gasteiger partial charge on any atom is -0.490 e. The third-order valence-corrected chi connectivity index (χ3v) is 7.56. The van der Waals surface area contributed by atoms with Crippen molar-refractivity contribution in [2.45, 2.75) is 13.5 Å². The third-order valence-electron chi connectivity index (χ3n) is 6.04. The molecule has 0 aliphatic rings. The summed E-state index contributed by atoms with van der Waals surface area (Å²) in [4.78, 5) is 18.0. The highest BCUT2D eigenvalue weighted by atomic mass is 127. The quantitative estimate of drug-likeness (QED) is 0.0947. The number of nitrogens with one attached hydrogen (secondary N) is 1. The number of aromatic nitrogens is 1. The number of amides is 1. The van der Waals surface area contributed by atoms with Crippen LogP contribution in [-0.2, 0) is 6.61 Å². The smallest absolute Gasteiger partial charge is 0.272 e. The number of carbonyl (C=O) groups excluding carboxylic acids is 1. The van der Waals surface area contributed by atoms with Gasteiger partial charge in [0.05, 0.1) is 33.2 Å². The van der Waals surface area contributed by atoms with Crippen molar-refractivity contribution < 1.29 is 14.3 Å². The molecule has 1 amide bonds. The Bertz CT molecular complexity index is 1670. The summed E-state index contributed by atoms with van der Waals surface area (Å²) in [5.74, 6) is 0.989. The molecule has 0 aliphatic carbocycles. The molecule has 5 aromatic rings. The van der Waals surface area contributed by atoms with E-state index in [4.69, 9.17) is 14.5 Å². The number of halogens is 2. The van der Waals surface area contributed by atoms with E-state index >= 15 is 0 Å². The van der Waals surface area contributed by atoms with E-state index in [9.17, 15) is 4.79 Å². The van der Waals surface area contributed by atoms with Crippen molar-refractivity contribution in [3.05, 3.63) is 121 Å². The number of fused-ring (bicyclic) bond motifs is 1. The lowest BCUT2D eigenvalue weighted by Crippen LogP contribution is -2.18. The average Bonchev–Trinajstić information content (AvgIpc) is 2.97. The van der Waals surface area contributed by atoms with Gasteiger partial charge in [-0.15, -0.1) is 0 Å². The summed E-state index contributed by atoms with van der Waals surface area (Å²) in [6.07, 6.45) is 1.60. The normalized spacial score (nSPS) is 11.1. The summed E-state index contributed by atoms with van der Waals surface area (Å²) in [5, 5.41) is 5.02. The van der Waals surface area contributed by atoms with Crippen LogP contribution in [0.25, 0.3) is 22.2 Å². The van der Waals surface area contributed by atoms with Gasteiger partial charge in [-0.2, -0.15) is 5.10 Å². The first-order valence-corrected chi connectivity index (χ1v) is 14.8. The monoisotopic (exact) mass is 753 g/mol. The van der Waals surface area contributed by atoms with Gasteiger partial charge < -0.3 is 9.47 Å². The fourth-order valence-corrected chi connectivity index (χ4v) is 5.29. The van der Waals surface area contributed by atoms with Gasteiger partial charge in [0.25, 0.3) is 5.91 Å². The van der Waals surface area contributed by atoms with Crippen LogP contribution in [0.1, 0.15) is 28.4 Å². The molecule has 0 unspecified atom stereocenters. The van der Waals surface area contributed by atoms with Gasteiger partial charge in [-0.25, -0.2) is 10.4 Å². The number of carbonyl (C=O) groups is 1. The second-order valence-corrected chi connectivity index (χ2v) is 11.2. The molecule has 1 aromatic heterocycles. The third kappa shape index (κ3) is 6.79. The summed E-state index contributed by atoms with van der Waals surface area (Å²) >= 11 is 4.51. The zero-order valence-corrected chi connectivity index (χ0v) is 25.9. The zero-order valence-electron chi connectivity index (χ0n) is 21.6. The van der Waals surface area contributed by atoms with Crippen molar-refractivity contribution in [3.63, 3.8) is 0 Å². The zero-order chi connectivity index (χ0) is 27.9. The number of hydrogen-bond acceptors (Lipinski definition) is 5. The molecule has 8 heteroatoms. The highest BCUT2D eigenvalue weighted by Crippen LogP contribution is 2.34. The Morgan fingerprint density at radius 1 is 0.925 bits per heavy atom. The van der Waals surface area contributed by atoms with Crippen LogP contribution in [0.2, 0.25) is 0 Å². The number of para-hydroxylation sites is 1. The molecule has 40 heavy (non-hydrogen) atoms. The van der Waals surface area contributed by atoms with E-state index in [0.29, 0.717) is 30.3 Å². The molecule has 6 nitrogen and oxygen atoms in total. The number of ether oxygens (including phenoxy) is 2. The van der Waals surface area contributed by atoms with Gasteiger partial charge in [0.1, 0.15) is 6.61 Å². The molecule has 5 rings (SSSR count). The van der Waals surface area contributed by atoms with Crippen LogP contribution in [0.3, 0.4) is 0 Å². The highest BCUT2D eigenvalue weighted by Gasteiger charge is 2.15. The van der Waals surface area contributed by atoms with Gasteiger partial charge in [0.2, 0.25) is 0 Å². The molecule has 0 spiro atoms. The number of hydrogen-bond donors (Lipinski definition) is 1. The first-order valence-electron chi connectivity index (χ1n) is 12.6. The summed E-state index contributed by atoms with van der Waals surface area (Å²) in [5.41, 5.74) is 7.45. The average molecular weight is 753 g/mol. The topological polar surface area (TPSA) is 72.8 Å². The summed E-state index contributed by atoms with van der Waals surface area (Å²) in [7, 11) is 0. The number of benzene rings is 4. The van der Waals surface area contributed by atoms with Crippen molar-refractivity contribution in [2.24, 2.45) is 5.10 Å². The Balaban J connectivity index is 1.36. The molecule has 1 heterocycles. The fourth-order valence-electron chi connectivity index (χ4n) is 4.15. The van der Waals surface area contributed by atoms with Crippen LogP contribution in [0.4, 0.5) is 0 Å². The summed E-state index contributed by atoms with van der Waals surface area (Å²) in [6.45, 7) is 2.85. The van der Waals surface area contributed by atoms with Crippen LogP contribution >= 0.6 is 45.2 Å². The van der Waals surface area contributed by atoms with Crippen LogP contribution < -0.4 is 14.9 Å². The predicted octanol–water partition coefficient (Wildman–Crippen LogP) is 7.85. The molecule has 0 atom stereocenters. The van der Waals surface area contributed by atoms with E-state index in [1.165, 1.54) is 3.57 Å². The SMILES string of the molecule is CCOc1cc(/C=N/NC(=O)c2cc(-c3ccccc3)nc3ccccc23)cc(I)c1OCc1ccc(I)cc1. The van der Waals surface area contributed by atoms with Crippen molar-refractivity contribution >= 4 is 68.2 Å². The van der Waals surface area contributed by atoms with Crippen molar-refractivity contribution in [1.29, 1.82) is 0 Å². The maximum atomic E-state index is 13.3. The maximum absolute atomic E-state index is 13.3. The molecule has 200 valence electrons. The standard InChI is InChI=1S/C32H25I2N3O3/c1-2-39-30-17-22(16-27(34)31(30)40-20-21-12-14-24(33)15-13-21)19-35-37-32(38)26-18-29(23-8-4-3-5-9-23)36-28-11-7-6-10-25(26)28/h3-19H,2,20H2,1H3,(H,37,38)/b35-19+. The minimum atomic E-state index is -0.316. The minimum absolute atomic E-state index is 0.316. The summed E-state index contributed by atoms with van der Waals surface area (Å²) in [6, 6.07) is 31.2. The molecule has 4 aromatic carbocycles. The number of pyridine rings is 1. The van der Waals surface area contributed by atoms with E-state index in [0.717, 1.165) is 36.9 Å². The van der Waals surface area contributed by atoms with Crippen LogP contribution in [0.15, 0.2) is 102 Å². The molecule has 0 saturated heterocycles. The Hall–Kier alpha value is -3.51. The first-order chi connectivity index (χ1) is 19.5. The van der Waals surface area contributed by atoms with E-state index < -0.39 is 0 Å². The van der Waals surface area contributed by atoms with E-state index in [-0.39, 0.29) is 5.91 Å². The lowest BCUT2D eigenvalue weighted by Gasteiger charge is -2.15. The first kappa shape index (κ1) is 28.0. The Morgan fingerprint density at radius 3 is 2.45 bits per heavy atom. The van der Waals surface area contributed by atoms with Crippen molar-refractivity contribution in [3.8, 4) is 22.8 Å². The van der Waals surface area contributed by atoms with E-state index in [1.807, 2.05) is 85.8 Å². The Kier molecular flexibility index (Phi) is 9.27. The van der Waals surface area contributed by atoms with Gasteiger partial charge in [-0.1, -0.05) is 60.7 Å². The molecular formula is C32H25I2N3O3. The van der Waals surface area contributed by atoms with Crippen LogP contribution in [-0.4, -0.2) is 23.7 Å². The van der Waals surface area contributed by atoms with E-state index in [2.05, 4.69) is 67.8 Å². The molecule has 1 N–H and O–H groups in total. The van der Waals surface area contributed by atoms with Gasteiger partial charge in [0.15, 0.2) is 11.5 Å². The molecule has 0 fully saturated rings. The van der Waals surface area contributed by atoms with Gasteiger partial charge in [-0.05, 0) is 99.6 Å². The van der Waals surface area contributed by atoms with Crippen molar-refractivity contribution in [1.82, 2.24) is 10.4 Å². The van der Waals surface area contributed by atoms with Gasteiger partial charge >= 0.3 is 0 Å². The number of rotatable bonds is 9. The number of nitrogens with zero attached hydrogens (tertiary/aromatic N) is 2. The molecule has 0 aliphatic heterocycles. The van der Waals surface area contributed by atoms with E-state index in [1.54, 1.807) is 12.3 Å². The second kappa shape index (κ2) is 13.2. The number of hydrazone groups is 1. The van der Waals surface area contributed by atoms with Crippen LogP contribution in [0.5, 0.6) is 11.5 Å². The van der Waals surface area contributed by atoms with Gasteiger partial charge in [-0.3, -0.25) is 4.79 Å². The Morgan fingerprint density at radius 2 is 1.68 bits per heavy atom. The fraction of sp³-hybridized carbons (Fsp3) is 0.0938. The molecular weight excluding hydrogens is 728 g/mol.